The summed E-state index contributed by atoms with van der Waals surface area (Å²) < 4.78 is 0. The number of aromatic carboxylic acids is 1. The number of benzene rings is 1. The van der Waals surface area contributed by atoms with Gasteiger partial charge in [-0.05, 0) is 36.2 Å². The van der Waals surface area contributed by atoms with Gasteiger partial charge in [-0.2, -0.15) is 0 Å². The Kier molecular flexibility index (Phi) is 3.97. The first-order valence-corrected chi connectivity index (χ1v) is 6.65. The molecule has 0 saturated carbocycles. The number of hydrogen-bond donors (Lipinski definition) is 2. The zero-order valence-electron chi connectivity index (χ0n) is 10.3. The van der Waals surface area contributed by atoms with Crippen LogP contribution < -0.4 is 5.32 Å². The van der Waals surface area contributed by atoms with Crippen molar-refractivity contribution < 1.29 is 14.7 Å². The van der Waals surface area contributed by atoms with Crippen molar-refractivity contribution in [2.24, 2.45) is 0 Å². The summed E-state index contributed by atoms with van der Waals surface area (Å²) in [6.07, 6.45) is 0.946. The van der Waals surface area contributed by atoms with E-state index in [2.05, 4.69) is 12.2 Å². The number of anilines is 1. The maximum absolute atomic E-state index is 11.9. The number of carboxylic acid groups (broad SMARTS) is 1. The van der Waals surface area contributed by atoms with Gasteiger partial charge in [-0.25, -0.2) is 4.79 Å². The Morgan fingerprint density at radius 1 is 1.11 bits per heavy atom. The third kappa shape index (κ3) is 3.20. The standard InChI is InChI=1S/C14H13NO3S/c1-2-9-3-5-10(6-4-9)15-13(16)11-7-8-12(19-11)14(17)18/h3-8H,2H2,1H3,(H,15,16)(H,17,18). The largest absolute Gasteiger partial charge is 0.477 e. The minimum absolute atomic E-state index is 0.159. The zero-order valence-corrected chi connectivity index (χ0v) is 11.2. The molecule has 98 valence electrons. The first-order valence-electron chi connectivity index (χ1n) is 5.83. The highest BCUT2D eigenvalue weighted by atomic mass is 32.1. The smallest absolute Gasteiger partial charge is 0.345 e. The molecule has 1 amide bonds. The molecule has 5 heteroatoms. The van der Waals surface area contributed by atoms with Gasteiger partial charge in [-0.15, -0.1) is 11.3 Å². The number of rotatable bonds is 4. The lowest BCUT2D eigenvalue weighted by Gasteiger charge is -2.04. The summed E-state index contributed by atoms with van der Waals surface area (Å²) in [4.78, 5) is 23.2. The molecule has 0 aliphatic rings. The van der Waals surface area contributed by atoms with E-state index >= 15 is 0 Å². The van der Waals surface area contributed by atoms with Gasteiger partial charge in [-0.1, -0.05) is 19.1 Å². The molecule has 2 rings (SSSR count). The molecule has 1 aromatic heterocycles. The first-order chi connectivity index (χ1) is 9.10. The van der Waals surface area contributed by atoms with E-state index in [1.54, 1.807) is 0 Å². The summed E-state index contributed by atoms with van der Waals surface area (Å²) in [7, 11) is 0. The minimum atomic E-state index is -1.02. The number of nitrogens with one attached hydrogen (secondary N) is 1. The number of amides is 1. The second-order valence-corrected chi connectivity index (χ2v) is 5.06. The molecular formula is C14H13NO3S. The second-order valence-electron chi connectivity index (χ2n) is 3.97. The molecule has 0 aliphatic carbocycles. The molecule has 0 spiro atoms. The van der Waals surface area contributed by atoms with Gasteiger partial charge in [0.05, 0.1) is 4.88 Å². The lowest BCUT2D eigenvalue weighted by atomic mass is 10.1. The molecular weight excluding hydrogens is 262 g/mol. The number of hydrogen-bond acceptors (Lipinski definition) is 3. The van der Waals surface area contributed by atoms with Crippen LogP contribution in [0.25, 0.3) is 0 Å². The third-order valence-corrected chi connectivity index (χ3v) is 3.73. The predicted molar refractivity (Wildman–Crippen MR) is 75.1 cm³/mol. The molecule has 1 heterocycles. The normalized spacial score (nSPS) is 10.2. The fraction of sp³-hybridized carbons (Fsp3) is 0.143. The van der Waals surface area contributed by atoms with Gasteiger partial charge >= 0.3 is 5.97 Å². The quantitative estimate of drug-likeness (QED) is 0.900. The number of carbonyl (C=O) groups excluding carboxylic acids is 1. The van der Waals surface area contributed by atoms with Crippen LogP contribution in [0, 0.1) is 0 Å². The van der Waals surface area contributed by atoms with E-state index in [1.165, 1.54) is 17.7 Å². The number of thiophene rings is 1. The lowest BCUT2D eigenvalue weighted by Crippen LogP contribution is -2.09. The Morgan fingerprint density at radius 2 is 1.74 bits per heavy atom. The average molecular weight is 275 g/mol. The molecule has 4 nitrogen and oxygen atoms in total. The van der Waals surface area contributed by atoms with Crippen molar-refractivity contribution in [1.82, 2.24) is 0 Å². The topological polar surface area (TPSA) is 66.4 Å². The maximum Gasteiger partial charge on any atom is 0.345 e. The number of carbonyl (C=O) groups is 2. The number of aryl methyl sites for hydroxylation is 1. The molecule has 0 saturated heterocycles. The van der Waals surface area contributed by atoms with E-state index in [1.807, 2.05) is 24.3 Å². The SMILES string of the molecule is CCc1ccc(NC(=O)c2ccc(C(=O)O)s2)cc1. The molecule has 2 aromatic rings. The van der Waals surface area contributed by atoms with Gasteiger partial charge in [0.15, 0.2) is 0 Å². The third-order valence-electron chi connectivity index (χ3n) is 2.66. The van der Waals surface area contributed by atoms with E-state index < -0.39 is 5.97 Å². The van der Waals surface area contributed by atoms with Crippen LogP contribution in [0.4, 0.5) is 5.69 Å². The van der Waals surface area contributed by atoms with Crippen molar-refractivity contribution in [3.63, 3.8) is 0 Å². The molecule has 0 fully saturated rings. The Balaban J connectivity index is 2.08. The summed E-state index contributed by atoms with van der Waals surface area (Å²) in [6, 6.07) is 10.5. The highest BCUT2D eigenvalue weighted by Gasteiger charge is 2.12. The molecule has 0 atom stereocenters. The van der Waals surface area contributed by atoms with E-state index in [9.17, 15) is 9.59 Å². The van der Waals surface area contributed by atoms with Gasteiger partial charge in [0, 0.05) is 5.69 Å². The average Bonchev–Trinajstić information content (AvgIpc) is 2.89. The summed E-state index contributed by atoms with van der Waals surface area (Å²) >= 11 is 0.964. The Morgan fingerprint density at radius 3 is 2.26 bits per heavy atom. The van der Waals surface area contributed by atoms with Gasteiger partial charge in [-0.3, -0.25) is 4.79 Å². The fourth-order valence-electron chi connectivity index (χ4n) is 1.59. The Hall–Kier alpha value is -2.14. The second kappa shape index (κ2) is 5.67. The molecule has 1 aromatic carbocycles. The van der Waals surface area contributed by atoms with Crippen LogP contribution in [-0.2, 0) is 6.42 Å². The molecule has 2 N–H and O–H groups in total. The zero-order chi connectivity index (χ0) is 13.8. The summed E-state index contributed by atoms with van der Waals surface area (Å²) in [6.45, 7) is 2.06. The Labute approximate surface area is 114 Å². The first kappa shape index (κ1) is 13.3. The van der Waals surface area contributed by atoms with E-state index in [4.69, 9.17) is 5.11 Å². The van der Waals surface area contributed by atoms with E-state index in [0.29, 0.717) is 10.6 Å². The van der Waals surface area contributed by atoms with Crippen molar-refractivity contribution in [2.75, 3.05) is 5.32 Å². The molecule has 0 bridgehead atoms. The minimum Gasteiger partial charge on any atom is -0.477 e. The highest BCUT2D eigenvalue weighted by molar-refractivity contribution is 7.15. The van der Waals surface area contributed by atoms with Crippen LogP contribution in [0.3, 0.4) is 0 Å². The van der Waals surface area contributed by atoms with Gasteiger partial charge < -0.3 is 10.4 Å². The van der Waals surface area contributed by atoms with Crippen LogP contribution in [-0.4, -0.2) is 17.0 Å². The van der Waals surface area contributed by atoms with Crippen LogP contribution in [0.5, 0.6) is 0 Å². The predicted octanol–water partition coefficient (Wildman–Crippen LogP) is 3.26. The van der Waals surface area contributed by atoms with E-state index in [0.717, 1.165) is 17.8 Å². The van der Waals surface area contributed by atoms with Crippen molar-refractivity contribution in [1.29, 1.82) is 0 Å². The summed E-state index contributed by atoms with van der Waals surface area (Å²) in [5, 5.41) is 11.5. The van der Waals surface area contributed by atoms with Crippen LogP contribution in [0.15, 0.2) is 36.4 Å². The lowest BCUT2D eigenvalue weighted by molar-refractivity contribution is 0.0702. The van der Waals surface area contributed by atoms with E-state index in [-0.39, 0.29) is 10.8 Å². The van der Waals surface area contributed by atoms with Gasteiger partial charge in [0.25, 0.3) is 5.91 Å². The van der Waals surface area contributed by atoms with Crippen molar-refractivity contribution in [3.05, 3.63) is 51.7 Å². The van der Waals surface area contributed by atoms with Gasteiger partial charge in [0.1, 0.15) is 4.88 Å². The van der Waals surface area contributed by atoms with Crippen LogP contribution in [0.1, 0.15) is 31.8 Å². The Bertz CT molecular complexity index is 601. The summed E-state index contributed by atoms with van der Waals surface area (Å²) in [5.74, 6) is -1.31. The van der Waals surface area contributed by atoms with Gasteiger partial charge in [0.2, 0.25) is 0 Å². The molecule has 0 aliphatic heterocycles. The van der Waals surface area contributed by atoms with Crippen molar-refractivity contribution in [2.45, 2.75) is 13.3 Å². The van der Waals surface area contributed by atoms with Crippen molar-refractivity contribution >= 4 is 28.9 Å². The molecule has 19 heavy (non-hydrogen) atoms. The highest BCUT2D eigenvalue weighted by Crippen LogP contribution is 2.18. The van der Waals surface area contributed by atoms with Crippen LogP contribution >= 0.6 is 11.3 Å². The monoisotopic (exact) mass is 275 g/mol. The van der Waals surface area contributed by atoms with Crippen molar-refractivity contribution in [3.8, 4) is 0 Å². The molecule has 0 radical (unpaired) electrons. The summed E-state index contributed by atoms with van der Waals surface area (Å²) in [5.41, 5.74) is 1.90. The van der Waals surface area contributed by atoms with Crippen LogP contribution in [0.2, 0.25) is 0 Å². The fourth-order valence-corrected chi connectivity index (χ4v) is 2.33. The molecule has 0 unspecified atom stereocenters. The number of carboxylic acids is 1. The maximum atomic E-state index is 11.9.